The SMILES string of the molecule is Cl.Clc1ccccc1C1CCCCN1. The maximum Gasteiger partial charge on any atom is 0.0453 e. The Labute approximate surface area is 96.3 Å². The molecule has 14 heavy (non-hydrogen) atoms. The normalized spacial score (nSPS) is 21.4. The van der Waals surface area contributed by atoms with E-state index in [0.29, 0.717) is 6.04 Å². The van der Waals surface area contributed by atoms with E-state index in [0.717, 1.165) is 11.6 Å². The molecule has 1 nitrogen and oxygen atoms in total. The van der Waals surface area contributed by atoms with Crippen molar-refractivity contribution in [3.63, 3.8) is 0 Å². The molecular formula is C11H15Cl2N. The molecule has 1 N–H and O–H groups in total. The van der Waals surface area contributed by atoms with E-state index in [1.54, 1.807) is 0 Å². The highest BCUT2D eigenvalue weighted by Gasteiger charge is 2.16. The molecule has 3 heteroatoms. The first kappa shape index (κ1) is 11.8. The minimum absolute atomic E-state index is 0. The van der Waals surface area contributed by atoms with E-state index in [2.05, 4.69) is 17.4 Å². The van der Waals surface area contributed by atoms with E-state index in [-0.39, 0.29) is 12.4 Å². The molecule has 1 aromatic carbocycles. The number of halogens is 2. The Morgan fingerprint density at radius 3 is 2.64 bits per heavy atom. The van der Waals surface area contributed by atoms with Gasteiger partial charge in [-0.15, -0.1) is 12.4 Å². The number of piperidine rings is 1. The molecule has 1 aliphatic heterocycles. The number of nitrogens with one attached hydrogen (secondary N) is 1. The lowest BCUT2D eigenvalue weighted by Crippen LogP contribution is -2.26. The lowest BCUT2D eigenvalue weighted by molar-refractivity contribution is 0.412. The van der Waals surface area contributed by atoms with Crippen molar-refractivity contribution in [1.82, 2.24) is 5.32 Å². The van der Waals surface area contributed by atoms with Crippen molar-refractivity contribution in [2.45, 2.75) is 25.3 Å². The first-order valence-corrected chi connectivity index (χ1v) is 5.23. The molecule has 2 rings (SSSR count). The molecule has 0 saturated carbocycles. The van der Waals surface area contributed by atoms with Gasteiger partial charge in [0.05, 0.1) is 0 Å². The fourth-order valence-electron chi connectivity index (χ4n) is 1.87. The minimum atomic E-state index is 0. The Balaban J connectivity index is 0.000000980. The van der Waals surface area contributed by atoms with Crippen LogP contribution < -0.4 is 5.32 Å². The average molecular weight is 232 g/mol. The predicted octanol–water partition coefficient (Wildman–Crippen LogP) is 3.58. The zero-order chi connectivity index (χ0) is 9.10. The lowest BCUT2D eigenvalue weighted by Gasteiger charge is -2.24. The van der Waals surface area contributed by atoms with Gasteiger partial charge in [-0.1, -0.05) is 36.2 Å². The third kappa shape index (κ3) is 2.63. The van der Waals surface area contributed by atoms with E-state index in [1.807, 2.05) is 12.1 Å². The first-order chi connectivity index (χ1) is 6.38. The summed E-state index contributed by atoms with van der Waals surface area (Å²) in [6.07, 6.45) is 3.81. The summed E-state index contributed by atoms with van der Waals surface area (Å²) in [4.78, 5) is 0. The molecule has 1 atom stereocenters. The van der Waals surface area contributed by atoms with E-state index >= 15 is 0 Å². The quantitative estimate of drug-likeness (QED) is 0.780. The van der Waals surface area contributed by atoms with Crippen molar-refractivity contribution >= 4 is 24.0 Å². The first-order valence-electron chi connectivity index (χ1n) is 4.86. The molecule has 0 amide bonds. The summed E-state index contributed by atoms with van der Waals surface area (Å²) in [5.74, 6) is 0. The fraction of sp³-hybridized carbons (Fsp3) is 0.455. The number of hydrogen-bond acceptors (Lipinski definition) is 1. The summed E-state index contributed by atoms with van der Waals surface area (Å²) in [5, 5.41) is 4.38. The van der Waals surface area contributed by atoms with E-state index in [4.69, 9.17) is 11.6 Å². The molecule has 0 aromatic heterocycles. The van der Waals surface area contributed by atoms with Crippen LogP contribution in [0.1, 0.15) is 30.9 Å². The third-order valence-electron chi connectivity index (χ3n) is 2.59. The van der Waals surface area contributed by atoms with Crippen LogP contribution in [0.4, 0.5) is 0 Å². The monoisotopic (exact) mass is 231 g/mol. The number of rotatable bonds is 1. The fourth-order valence-corrected chi connectivity index (χ4v) is 2.14. The van der Waals surface area contributed by atoms with Crippen LogP contribution in [0.2, 0.25) is 5.02 Å². The highest BCUT2D eigenvalue weighted by atomic mass is 35.5. The van der Waals surface area contributed by atoms with Crippen LogP contribution in [0.5, 0.6) is 0 Å². The molecule has 0 spiro atoms. The molecule has 1 fully saturated rings. The molecule has 78 valence electrons. The molecule has 1 aliphatic rings. The van der Waals surface area contributed by atoms with Gasteiger partial charge in [0.2, 0.25) is 0 Å². The van der Waals surface area contributed by atoms with Gasteiger partial charge < -0.3 is 5.32 Å². The lowest BCUT2D eigenvalue weighted by atomic mass is 9.98. The molecule has 1 saturated heterocycles. The molecule has 1 aromatic rings. The Hall–Kier alpha value is -0.240. The molecule has 0 bridgehead atoms. The van der Waals surface area contributed by atoms with Gasteiger partial charge in [0.1, 0.15) is 0 Å². The van der Waals surface area contributed by atoms with Crippen molar-refractivity contribution < 1.29 is 0 Å². The van der Waals surface area contributed by atoms with Gasteiger partial charge in [-0.3, -0.25) is 0 Å². The highest BCUT2D eigenvalue weighted by Crippen LogP contribution is 2.28. The second kappa shape index (κ2) is 5.59. The third-order valence-corrected chi connectivity index (χ3v) is 2.94. The molecule has 1 heterocycles. The number of hydrogen-bond donors (Lipinski definition) is 1. The second-order valence-corrected chi connectivity index (χ2v) is 3.93. The maximum absolute atomic E-state index is 6.12. The average Bonchev–Trinajstić information content (AvgIpc) is 2.20. The van der Waals surface area contributed by atoms with Crippen molar-refractivity contribution in [1.29, 1.82) is 0 Å². The molecular weight excluding hydrogens is 217 g/mol. The molecule has 0 aliphatic carbocycles. The Bertz CT molecular complexity index is 282. The summed E-state index contributed by atoms with van der Waals surface area (Å²) >= 11 is 6.12. The topological polar surface area (TPSA) is 12.0 Å². The van der Waals surface area contributed by atoms with Crippen molar-refractivity contribution in [2.75, 3.05) is 6.54 Å². The maximum atomic E-state index is 6.12. The van der Waals surface area contributed by atoms with Crippen molar-refractivity contribution in [3.8, 4) is 0 Å². The molecule has 0 radical (unpaired) electrons. The Morgan fingerprint density at radius 2 is 2.00 bits per heavy atom. The van der Waals surface area contributed by atoms with Gasteiger partial charge in [-0.25, -0.2) is 0 Å². The summed E-state index contributed by atoms with van der Waals surface area (Å²) in [6, 6.07) is 8.59. The second-order valence-electron chi connectivity index (χ2n) is 3.52. The van der Waals surface area contributed by atoms with Crippen LogP contribution in [-0.2, 0) is 0 Å². The van der Waals surface area contributed by atoms with Crippen LogP contribution in [0.25, 0.3) is 0 Å². The predicted molar refractivity (Wildman–Crippen MR) is 63.3 cm³/mol. The van der Waals surface area contributed by atoms with Gasteiger partial charge in [0.15, 0.2) is 0 Å². The summed E-state index contributed by atoms with van der Waals surface area (Å²) < 4.78 is 0. The van der Waals surface area contributed by atoms with Crippen LogP contribution in [-0.4, -0.2) is 6.54 Å². The standard InChI is InChI=1S/C11H14ClN.ClH/c12-10-6-2-1-5-9(10)11-7-3-4-8-13-11;/h1-2,5-6,11,13H,3-4,7-8H2;1H. The zero-order valence-corrected chi connectivity index (χ0v) is 9.57. The van der Waals surface area contributed by atoms with Crippen LogP contribution in [0.15, 0.2) is 24.3 Å². The van der Waals surface area contributed by atoms with Gasteiger partial charge in [-0.05, 0) is 31.0 Å². The van der Waals surface area contributed by atoms with Gasteiger partial charge in [0, 0.05) is 11.1 Å². The minimum Gasteiger partial charge on any atom is -0.310 e. The van der Waals surface area contributed by atoms with Gasteiger partial charge in [0.25, 0.3) is 0 Å². The smallest absolute Gasteiger partial charge is 0.0453 e. The van der Waals surface area contributed by atoms with Crippen LogP contribution >= 0.6 is 24.0 Å². The largest absolute Gasteiger partial charge is 0.310 e. The summed E-state index contributed by atoms with van der Waals surface area (Å²) in [7, 11) is 0. The van der Waals surface area contributed by atoms with Crippen LogP contribution in [0.3, 0.4) is 0 Å². The summed E-state index contributed by atoms with van der Waals surface area (Å²) in [5.41, 5.74) is 1.25. The van der Waals surface area contributed by atoms with Gasteiger partial charge in [-0.2, -0.15) is 0 Å². The number of benzene rings is 1. The van der Waals surface area contributed by atoms with E-state index < -0.39 is 0 Å². The van der Waals surface area contributed by atoms with Crippen LogP contribution in [0, 0.1) is 0 Å². The van der Waals surface area contributed by atoms with Crippen molar-refractivity contribution in [3.05, 3.63) is 34.9 Å². The van der Waals surface area contributed by atoms with E-state index in [1.165, 1.54) is 24.8 Å². The molecule has 1 unspecified atom stereocenters. The summed E-state index contributed by atoms with van der Waals surface area (Å²) in [6.45, 7) is 1.12. The highest BCUT2D eigenvalue weighted by molar-refractivity contribution is 6.31. The van der Waals surface area contributed by atoms with Crippen molar-refractivity contribution in [2.24, 2.45) is 0 Å². The van der Waals surface area contributed by atoms with Gasteiger partial charge >= 0.3 is 0 Å². The zero-order valence-electron chi connectivity index (χ0n) is 8.00. The Kier molecular flexibility index (Phi) is 4.73. The van der Waals surface area contributed by atoms with E-state index in [9.17, 15) is 0 Å². The Morgan fingerprint density at radius 1 is 1.21 bits per heavy atom.